The van der Waals surface area contributed by atoms with E-state index in [1.807, 2.05) is 32.6 Å². The summed E-state index contributed by atoms with van der Waals surface area (Å²) in [7, 11) is 0. The van der Waals surface area contributed by atoms with Crippen molar-refractivity contribution >= 4 is 10.9 Å². The number of rotatable bonds is 3. The quantitative estimate of drug-likeness (QED) is 0.829. The molecule has 1 aromatic carbocycles. The molecule has 1 aromatic heterocycles. The van der Waals surface area contributed by atoms with Crippen molar-refractivity contribution in [2.75, 3.05) is 13.2 Å². The monoisotopic (exact) mass is 354 g/mol. The Morgan fingerprint density at radius 3 is 2.52 bits per heavy atom. The Bertz CT molecular complexity index is 667. The number of alkyl halides is 1. The highest BCUT2D eigenvalue weighted by atomic mass is 19.1. The van der Waals surface area contributed by atoms with Crippen LogP contribution in [0.2, 0.25) is 0 Å². The number of aliphatic hydroxyl groups excluding tert-OH is 1. The van der Waals surface area contributed by atoms with Gasteiger partial charge in [0.2, 0.25) is 0 Å². The van der Waals surface area contributed by atoms with E-state index in [2.05, 4.69) is 11.9 Å². The molecule has 2 aromatic rings. The van der Waals surface area contributed by atoms with Crippen LogP contribution in [0.25, 0.3) is 10.9 Å². The molecule has 2 heterocycles. The van der Waals surface area contributed by atoms with E-state index >= 15 is 0 Å². The van der Waals surface area contributed by atoms with E-state index < -0.39 is 12.3 Å². The third kappa shape index (κ3) is 5.02. The van der Waals surface area contributed by atoms with Gasteiger partial charge in [-0.25, -0.2) is 8.78 Å². The van der Waals surface area contributed by atoms with E-state index in [1.54, 1.807) is 6.07 Å². The maximum absolute atomic E-state index is 14.1. The minimum Gasteiger partial charge on any atom is -0.393 e. The summed E-state index contributed by atoms with van der Waals surface area (Å²) in [5.74, 6) is -0.261. The van der Waals surface area contributed by atoms with Crippen LogP contribution in [0.3, 0.4) is 0 Å². The first-order chi connectivity index (χ1) is 11.9. The molecule has 2 unspecified atom stereocenters. The van der Waals surface area contributed by atoms with Crippen molar-refractivity contribution in [2.24, 2.45) is 0 Å². The molecule has 0 spiro atoms. The number of hydrogen-bond acceptors (Lipinski definition) is 2. The molecule has 0 amide bonds. The second kappa shape index (κ2) is 9.30. The average Bonchev–Trinajstić information content (AvgIpc) is 2.95. The molecule has 1 aliphatic heterocycles. The van der Waals surface area contributed by atoms with Gasteiger partial charge in [-0.3, -0.25) is 4.90 Å². The number of aromatic amines is 1. The highest BCUT2D eigenvalue weighted by Gasteiger charge is 2.32. The van der Waals surface area contributed by atoms with E-state index in [-0.39, 0.29) is 18.4 Å². The zero-order valence-electron chi connectivity index (χ0n) is 16.3. The fourth-order valence-electron chi connectivity index (χ4n) is 3.12. The molecule has 1 aliphatic rings. The Balaban J connectivity index is 0.000000730. The second-order valence-corrected chi connectivity index (χ2v) is 6.30. The molecule has 0 aliphatic carbocycles. The third-order valence-corrected chi connectivity index (χ3v) is 4.30. The topological polar surface area (TPSA) is 39.3 Å². The van der Waals surface area contributed by atoms with Gasteiger partial charge in [0.05, 0.1) is 6.61 Å². The van der Waals surface area contributed by atoms with Gasteiger partial charge in [0.15, 0.2) is 0 Å². The Hall–Kier alpha value is -1.46. The lowest BCUT2D eigenvalue weighted by atomic mass is 9.96. The summed E-state index contributed by atoms with van der Waals surface area (Å²) in [4.78, 5) is 5.26. The molecule has 25 heavy (non-hydrogen) atoms. The number of nitrogens with zero attached hydrogens (tertiary/aromatic N) is 1. The molecule has 2 atom stereocenters. The zero-order chi connectivity index (χ0) is 19.2. The minimum atomic E-state index is -1.61. The van der Waals surface area contributed by atoms with Gasteiger partial charge in [0.1, 0.15) is 11.5 Å². The van der Waals surface area contributed by atoms with Crippen LogP contribution in [-0.4, -0.2) is 39.9 Å². The van der Waals surface area contributed by atoms with Crippen LogP contribution in [0.1, 0.15) is 52.8 Å². The van der Waals surface area contributed by atoms with Crippen LogP contribution in [0, 0.1) is 5.82 Å². The van der Waals surface area contributed by atoms with Gasteiger partial charge in [-0.05, 0) is 44.0 Å². The van der Waals surface area contributed by atoms with E-state index in [9.17, 15) is 8.78 Å². The van der Waals surface area contributed by atoms with E-state index in [1.165, 1.54) is 24.6 Å². The van der Waals surface area contributed by atoms with Crippen LogP contribution in [0.15, 0.2) is 18.2 Å². The Morgan fingerprint density at radius 2 is 1.92 bits per heavy atom. The first-order valence-electron chi connectivity index (χ1n) is 9.22. The van der Waals surface area contributed by atoms with Crippen LogP contribution in [0.4, 0.5) is 8.78 Å². The van der Waals surface area contributed by atoms with Gasteiger partial charge in [-0.15, -0.1) is 0 Å². The summed E-state index contributed by atoms with van der Waals surface area (Å²) < 4.78 is 27.4. The Morgan fingerprint density at radius 1 is 1.28 bits per heavy atom. The lowest BCUT2D eigenvalue weighted by Gasteiger charge is -2.36. The summed E-state index contributed by atoms with van der Waals surface area (Å²) in [6.45, 7) is 11.8. The smallest absolute Gasteiger partial charge is 0.143 e. The largest absolute Gasteiger partial charge is 0.393 e. The number of benzene rings is 1. The van der Waals surface area contributed by atoms with Crippen LogP contribution in [0.5, 0.6) is 0 Å². The van der Waals surface area contributed by atoms with Gasteiger partial charge in [0, 0.05) is 35.7 Å². The Labute approximate surface area is 150 Å². The lowest BCUT2D eigenvalue weighted by Crippen LogP contribution is -2.46. The van der Waals surface area contributed by atoms with Crippen molar-refractivity contribution in [3.05, 3.63) is 35.3 Å². The number of fused-ring (bicyclic) bond motifs is 3. The predicted octanol–water partition coefficient (Wildman–Crippen LogP) is 4.83. The normalized spacial score (nSPS) is 19.2. The highest BCUT2D eigenvalue weighted by Crippen LogP contribution is 2.31. The molecule has 5 heteroatoms. The summed E-state index contributed by atoms with van der Waals surface area (Å²) in [6.07, 6.45) is 0.794. The lowest BCUT2D eigenvalue weighted by molar-refractivity contribution is 0.0277. The summed E-state index contributed by atoms with van der Waals surface area (Å²) >= 11 is 0. The van der Waals surface area contributed by atoms with Gasteiger partial charge < -0.3 is 10.1 Å². The number of H-pyrrole nitrogens is 1. The molecule has 0 saturated carbocycles. The number of nitrogens with one attached hydrogen (secondary N) is 1. The first-order valence-corrected chi connectivity index (χ1v) is 9.22. The maximum atomic E-state index is 14.1. The first kappa shape index (κ1) is 21.6. The summed E-state index contributed by atoms with van der Waals surface area (Å²) in [5, 5.41) is 10.1. The van der Waals surface area contributed by atoms with Crippen molar-refractivity contribution in [1.29, 1.82) is 0 Å². The summed E-state index contributed by atoms with van der Waals surface area (Å²) in [5.41, 5.74) is 1.39. The van der Waals surface area contributed by atoms with Crippen LogP contribution in [-0.2, 0) is 13.0 Å². The van der Waals surface area contributed by atoms with Crippen molar-refractivity contribution in [1.82, 2.24) is 9.88 Å². The van der Waals surface area contributed by atoms with E-state index in [0.29, 0.717) is 6.54 Å². The number of aromatic nitrogens is 1. The molecule has 2 N–H and O–H groups in total. The van der Waals surface area contributed by atoms with Gasteiger partial charge >= 0.3 is 0 Å². The SMILES string of the molecule is CC.CC.CC1Cc2c([nH]c3cc(F)ccc23)CN1CC(C)(F)CO. The fourth-order valence-corrected chi connectivity index (χ4v) is 3.12. The van der Waals surface area contributed by atoms with E-state index in [4.69, 9.17) is 5.11 Å². The molecular formula is C20H32F2N2O. The highest BCUT2D eigenvalue weighted by molar-refractivity contribution is 5.85. The van der Waals surface area contributed by atoms with Crippen molar-refractivity contribution in [3.8, 4) is 0 Å². The molecule has 0 saturated heterocycles. The maximum Gasteiger partial charge on any atom is 0.143 e. The molecular weight excluding hydrogens is 322 g/mol. The standard InChI is InChI=1S/C16H20F2N2O.2C2H6/c1-10-5-13-12-4-3-11(17)6-14(12)19-15(13)7-20(10)8-16(2,18)9-21;2*1-2/h3-4,6,10,19,21H,5,7-9H2,1-2H3;2*1-2H3. The molecule has 0 fully saturated rings. The van der Waals surface area contributed by atoms with Gasteiger partial charge in [0.25, 0.3) is 0 Å². The van der Waals surface area contributed by atoms with Crippen molar-refractivity contribution < 1.29 is 13.9 Å². The predicted molar refractivity (Wildman–Crippen MR) is 101 cm³/mol. The zero-order valence-corrected chi connectivity index (χ0v) is 16.3. The van der Waals surface area contributed by atoms with Crippen molar-refractivity contribution in [3.63, 3.8) is 0 Å². The van der Waals surface area contributed by atoms with Crippen LogP contribution >= 0.6 is 0 Å². The number of hydrogen-bond donors (Lipinski definition) is 2. The van der Waals surface area contributed by atoms with Gasteiger partial charge in [-0.1, -0.05) is 27.7 Å². The third-order valence-electron chi connectivity index (χ3n) is 4.30. The molecule has 0 radical (unpaired) electrons. The Kier molecular flexibility index (Phi) is 8.03. The fraction of sp³-hybridized carbons (Fsp3) is 0.600. The second-order valence-electron chi connectivity index (χ2n) is 6.30. The number of halogens is 2. The summed E-state index contributed by atoms with van der Waals surface area (Å²) in [6, 6.07) is 4.95. The molecule has 142 valence electrons. The minimum absolute atomic E-state index is 0.183. The number of aliphatic hydroxyl groups is 1. The molecule has 3 rings (SSSR count). The van der Waals surface area contributed by atoms with Crippen molar-refractivity contribution in [2.45, 2.75) is 66.2 Å². The van der Waals surface area contributed by atoms with Crippen LogP contribution < -0.4 is 0 Å². The molecule has 3 nitrogen and oxygen atoms in total. The average molecular weight is 354 g/mol. The van der Waals surface area contributed by atoms with Gasteiger partial charge in [-0.2, -0.15) is 0 Å². The molecule has 0 bridgehead atoms. The van der Waals surface area contributed by atoms with E-state index in [0.717, 1.165) is 23.0 Å².